The lowest BCUT2D eigenvalue weighted by Crippen LogP contribution is -2.00. The van der Waals surface area contributed by atoms with Gasteiger partial charge in [0.25, 0.3) is 0 Å². The molecule has 0 saturated heterocycles. The third-order valence-electron chi connectivity index (χ3n) is 2.66. The highest BCUT2D eigenvalue weighted by atomic mass is 19.2. The standard InChI is InChI=1S/C14H14F2N2/c1-17-11-4-2-10(3-5-11)9-18-12-6-7-13(15)14(16)8-12/h2-8,17-18H,9H2,1H3. The van der Waals surface area contributed by atoms with Gasteiger partial charge in [-0.05, 0) is 29.8 Å². The van der Waals surface area contributed by atoms with Crippen LogP contribution < -0.4 is 10.6 Å². The lowest BCUT2D eigenvalue weighted by Gasteiger charge is -2.07. The molecular weight excluding hydrogens is 234 g/mol. The summed E-state index contributed by atoms with van der Waals surface area (Å²) in [5.41, 5.74) is 2.66. The summed E-state index contributed by atoms with van der Waals surface area (Å²) in [5, 5.41) is 6.07. The van der Waals surface area contributed by atoms with E-state index in [0.29, 0.717) is 12.2 Å². The smallest absolute Gasteiger partial charge is 0.160 e. The number of rotatable bonds is 4. The molecule has 0 saturated carbocycles. The van der Waals surface area contributed by atoms with Gasteiger partial charge in [0.2, 0.25) is 0 Å². The molecule has 94 valence electrons. The second-order valence-corrected chi connectivity index (χ2v) is 3.93. The van der Waals surface area contributed by atoms with Crippen molar-refractivity contribution >= 4 is 11.4 Å². The molecule has 4 heteroatoms. The first-order valence-electron chi connectivity index (χ1n) is 5.64. The summed E-state index contributed by atoms with van der Waals surface area (Å²) in [7, 11) is 1.86. The molecule has 0 radical (unpaired) electrons. The van der Waals surface area contributed by atoms with Crippen LogP contribution in [-0.4, -0.2) is 7.05 Å². The lowest BCUT2D eigenvalue weighted by molar-refractivity contribution is 0.509. The number of benzene rings is 2. The highest BCUT2D eigenvalue weighted by Crippen LogP contribution is 2.15. The van der Waals surface area contributed by atoms with Gasteiger partial charge in [0.1, 0.15) is 0 Å². The molecule has 0 atom stereocenters. The molecule has 0 aromatic heterocycles. The number of nitrogens with one attached hydrogen (secondary N) is 2. The Hall–Kier alpha value is -2.10. The van der Waals surface area contributed by atoms with E-state index in [9.17, 15) is 8.78 Å². The fraction of sp³-hybridized carbons (Fsp3) is 0.143. The number of anilines is 2. The van der Waals surface area contributed by atoms with E-state index in [4.69, 9.17) is 0 Å². The first-order chi connectivity index (χ1) is 8.69. The van der Waals surface area contributed by atoms with E-state index in [0.717, 1.165) is 23.4 Å². The van der Waals surface area contributed by atoms with Crippen LogP contribution in [0.15, 0.2) is 42.5 Å². The number of halogens is 2. The molecule has 2 aromatic rings. The van der Waals surface area contributed by atoms with Crippen molar-refractivity contribution in [2.75, 3.05) is 17.7 Å². The maximum Gasteiger partial charge on any atom is 0.160 e. The van der Waals surface area contributed by atoms with E-state index in [2.05, 4.69) is 10.6 Å². The van der Waals surface area contributed by atoms with Gasteiger partial charge < -0.3 is 10.6 Å². The summed E-state index contributed by atoms with van der Waals surface area (Å²) in [6, 6.07) is 11.6. The largest absolute Gasteiger partial charge is 0.388 e. The second kappa shape index (κ2) is 5.49. The molecule has 0 aliphatic rings. The first kappa shape index (κ1) is 12.4. The minimum Gasteiger partial charge on any atom is -0.388 e. The minimum atomic E-state index is -0.842. The molecule has 0 fully saturated rings. The summed E-state index contributed by atoms with van der Waals surface area (Å²) >= 11 is 0. The summed E-state index contributed by atoms with van der Waals surface area (Å²) < 4.78 is 25.7. The molecule has 0 amide bonds. The quantitative estimate of drug-likeness (QED) is 0.863. The highest BCUT2D eigenvalue weighted by Gasteiger charge is 2.02. The fourth-order valence-corrected chi connectivity index (χ4v) is 1.60. The topological polar surface area (TPSA) is 24.1 Å². The van der Waals surface area contributed by atoms with Gasteiger partial charge in [-0.25, -0.2) is 8.78 Å². The average molecular weight is 248 g/mol. The van der Waals surface area contributed by atoms with Crippen LogP contribution in [0.5, 0.6) is 0 Å². The van der Waals surface area contributed by atoms with E-state index in [1.54, 1.807) is 0 Å². The lowest BCUT2D eigenvalue weighted by atomic mass is 10.2. The van der Waals surface area contributed by atoms with Gasteiger partial charge in [-0.1, -0.05) is 12.1 Å². The Balaban J connectivity index is 1.99. The monoisotopic (exact) mass is 248 g/mol. The molecule has 2 rings (SSSR count). The normalized spacial score (nSPS) is 10.2. The molecule has 0 aliphatic heterocycles. The van der Waals surface area contributed by atoms with Gasteiger partial charge in [-0.2, -0.15) is 0 Å². The van der Waals surface area contributed by atoms with E-state index < -0.39 is 11.6 Å². The molecule has 0 aliphatic carbocycles. The first-order valence-corrected chi connectivity index (χ1v) is 5.64. The molecular formula is C14H14F2N2. The molecule has 0 heterocycles. The Bertz CT molecular complexity index is 524. The van der Waals surface area contributed by atoms with Crippen LogP contribution in [-0.2, 0) is 6.54 Å². The van der Waals surface area contributed by atoms with Crippen molar-refractivity contribution in [3.05, 3.63) is 59.7 Å². The van der Waals surface area contributed by atoms with Crippen molar-refractivity contribution < 1.29 is 8.78 Å². The van der Waals surface area contributed by atoms with Crippen LogP contribution in [0.4, 0.5) is 20.2 Å². The highest BCUT2D eigenvalue weighted by molar-refractivity contribution is 5.46. The SMILES string of the molecule is CNc1ccc(CNc2ccc(F)c(F)c2)cc1. The Labute approximate surface area is 105 Å². The average Bonchev–Trinajstić information content (AvgIpc) is 2.41. The predicted molar refractivity (Wildman–Crippen MR) is 69.7 cm³/mol. The number of hydrogen-bond acceptors (Lipinski definition) is 2. The Kier molecular flexibility index (Phi) is 3.77. The van der Waals surface area contributed by atoms with Crippen LogP contribution in [0.25, 0.3) is 0 Å². The van der Waals surface area contributed by atoms with E-state index in [1.165, 1.54) is 6.07 Å². The van der Waals surface area contributed by atoms with Gasteiger partial charge in [0, 0.05) is 31.0 Å². The van der Waals surface area contributed by atoms with Gasteiger partial charge in [-0.15, -0.1) is 0 Å². The summed E-state index contributed by atoms with van der Waals surface area (Å²) in [4.78, 5) is 0. The van der Waals surface area contributed by atoms with Crippen LogP contribution in [0, 0.1) is 11.6 Å². The van der Waals surface area contributed by atoms with Crippen LogP contribution in [0.2, 0.25) is 0 Å². The molecule has 0 spiro atoms. The third-order valence-corrected chi connectivity index (χ3v) is 2.66. The second-order valence-electron chi connectivity index (χ2n) is 3.93. The molecule has 2 N–H and O–H groups in total. The summed E-state index contributed by atoms with van der Waals surface area (Å²) in [6.07, 6.45) is 0. The zero-order valence-corrected chi connectivity index (χ0v) is 10.0. The summed E-state index contributed by atoms with van der Waals surface area (Å²) in [6.45, 7) is 0.565. The Morgan fingerprint density at radius 2 is 1.56 bits per heavy atom. The van der Waals surface area contributed by atoms with Gasteiger partial charge in [-0.3, -0.25) is 0 Å². The third kappa shape index (κ3) is 2.97. The molecule has 0 unspecified atom stereocenters. The van der Waals surface area contributed by atoms with Gasteiger partial charge in [0.15, 0.2) is 11.6 Å². The molecule has 18 heavy (non-hydrogen) atoms. The van der Waals surface area contributed by atoms with Gasteiger partial charge in [0.05, 0.1) is 0 Å². The van der Waals surface area contributed by atoms with Crippen molar-refractivity contribution in [3.8, 4) is 0 Å². The Morgan fingerprint density at radius 1 is 0.889 bits per heavy atom. The maximum absolute atomic E-state index is 13.0. The van der Waals surface area contributed by atoms with Gasteiger partial charge >= 0.3 is 0 Å². The summed E-state index contributed by atoms with van der Waals surface area (Å²) in [5.74, 6) is -1.68. The van der Waals surface area contributed by atoms with Crippen molar-refractivity contribution in [1.29, 1.82) is 0 Å². The molecule has 0 bridgehead atoms. The minimum absolute atomic E-state index is 0.562. The van der Waals surface area contributed by atoms with E-state index in [-0.39, 0.29) is 0 Å². The zero-order valence-electron chi connectivity index (χ0n) is 10.0. The van der Waals surface area contributed by atoms with Crippen molar-refractivity contribution in [1.82, 2.24) is 0 Å². The van der Waals surface area contributed by atoms with Crippen LogP contribution in [0.1, 0.15) is 5.56 Å². The van der Waals surface area contributed by atoms with E-state index >= 15 is 0 Å². The van der Waals surface area contributed by atoms with Crippen molar-refractivity contribution in [2.24, 2.45) is 0 Å². The van der Waals surface area contributed by atoms with Crippen molar-refractivity contribution in [3.63, 3.8) is 0 Å². The van der Waals surface area contributed by atoms with Crippen molar-refractivity contribution in [2.45, 2.75) is 6.54 Å². The van der Waals surface area contributed by atoms with Crippen LogP contribution in [0.3, 0.4) is 0 Å². The Morgan fingerprint density at radius 3 is 2.17 bits per heavy atom. The van der Waals surface area contributed by atoms with Crippen LogP contribution >= 0.6 is 0 Å². The van der Waals surface area contributed by atoms with E-state index in [1.807, 2.05) is 31.3 Å². The fourth-order valence-electron chi connectivity index (χ4n) is 1.60. The maximum atomic E-state index is 13.0. The molecule has 2 nitrogen and oxygen atoms in total. The predicted octanol–water partition coefficient (Wildman–Crippen LogP) is 3.62. The zero-order chi connectivity index (χ0) is 13.0. The molecule has 2 aromatic carbocycles. The number of hydrogen-bond donors (Lipinski definition) is 2.